The first kappa shape index (κ1) is 10.8. The summed E-state index contributed by atoms with van der Waals surface area (Å²) < 4.78 is 0. The molecule has 0 bridgehead atoms. The second-order valence-corrected chi connectivity index (χ2v) is 3.81. The van der Waals surface area contributed by atoms with Crippen molar-refractivity contribution in [3.8, 4) is 0 Å². The van der Waals surface area contributed by atoms with Gasteiger partial charge in [-0.2, -0.15) is 0 Å². The summed E-state index contributed by atoms with van der Waals surface area (Å²) in [6.45, 7) is 1.87. The largest absolute Gasteiger partial charge is 0.317 e. The number of nitrogens with one attached hydrogen (secondary N) is 1. The van der Waals surface area contributed by atoms with Gasteiger partial charge in [0.05, 0.1) is 0 Å². The minimum absolute atomic E-state index is 0.0151. The van der Waals surface area contributed by atoms with Crippen molar-refractivity contribution >= 4 is 23.2 Å². The van der Waals surface area contributed by atoms with Gasteiger partial charge in [-0.25, -0.2) is 5.48 Å². The first-order valence-electron chi connectivity index (χ1n) is 3.97. The van der Waals surface area contributed by atoms with Crippen LogP contribution in [0.4, 0.5) is 0 Å². The van der Waals surface area contributed by atoms with Gasteiger partial charge < -0.3 is 5.21 Å². The minimum Gasteiger partial charge on any atom is -0.317 e. The lowest BCUT2D eigenvalue weighted by Crippen LogP contribution is -2.24. The molecule has 0 aliphatic carbocycles. The Morgan fingerprint density at radius 2 is 2.15 bits per heavy atom. The average molecular weight is 220 g/mol. The average Bonchev–Trinajstić information content (AvgIpc) is 2.09. The number of hydrogen-bond donors (Lipinski definition) is 2. The van der Waals surface area contributed by atoms with E-state index in [0.717, 1.165) is 5.56 Å². The molecule has 0 spiro atoms. The highest BCUT2D eigenvalue weighted by Crippen LogP contribution is 2.21. The Hall–Kier alpha value is -0.280. The molecule has 0 saturated carbocycles. The van der Waals surface area contributed by atoms with Crippen LogP contribution < -0.4 is 5.48 Å². The van der Waals surface area contributed by atoms with Gasteiger partial charge in [-0.15, -0.1) is 0 Å². The van der Waals surface area contributed by atoms with Crippen LogP contribution in [-0.4, -0.2) is 11.2 Å². The second-order valence-electron chi connectivity index (χ2n) is 2.97. The Morgan fingerprint density at radius 1 is 1.46 bits per heavy atom. The Bertz CT molecular complexity index is 291. The second kappa shape index (κ2) is 4.82. The summed E-state index contributed by atoms with van der Waals surface area (Å²) in [5, 5.41) is 9.88. The summed E-state index contributed by atoms with van der Waals surface area (Å²) in [5.74, 6) is 0. The minimum atomic E-state index is -0.0151. The zero-order valence-corrected chi connectivity index (χ0v) is 8.73. The van der Waals surface area contributed by atoms with E-state index in [1.165, 1.54) is 0 Å². The highest BCUT2D eigenvalue weighted by molar-refractivity contribution is 6.35. The van der Waals surface area contributed by atoms with Gasteiger partial charge in [-0.05, 0) is 31.0 Å². The number of hydroxylamine groups is 1. The third-order valence-electron chi connectivity index (χ3n) is 1.76. The molecule has 0 aliphatic heterocycles. The van der Waals surface area contributed by atoms with Crippen molar-refractivity contribution in [1.29, 1.82) is 0 Å². The standard InChI is InChI=1S/C9H11Cl2NO/c1-6(12-13)4-7-2-3-8(10)5-9(7)11/h2-3,5-6,12-13H,4H2,1H3/t6-/m0/s1. The molecule has 72 valence electrons. The maximum Gasteiger partial charge on any atom is 0.0453 e. The van der Waals surface area contributed by atoms with Crippen molar-refractivity contribution in [2.45, 2.75) is 19.4 Å². The molecule has 2 nitrogen and oxygen atoms in total. The lowest BCUT2D eigenvalue weighted by molar-refractivity contribution is 0.133. The summed E-state index contributed by atoms with van der Waals surface area (Å²) in [4.78, 5) is 0. The maximum atomic E-state index is 8.62. The summed E-state index contributed by atoms with van der Waals surface area (Å²) >= 11 is 11.7. The molecular formula is C9H11Cl2NO. The van der Waals surface area contributed by atoms with Gasteiger partial charge >= 0.3 is 0 Å². The molecule has 2 N–H and O–H groups in total. The van der Waals surface area contributed by atoms with E-state index in [1.54, 1.807) is 12.1 Å². The molecule has 0 unspecified atom stereocenters. The Balaban J connectivity index is 2.77. The summed E-state index contributed by atoms with van der Waals surface area (Å²) in [5.41, 5.74) is 3.14. The van der Waals surface area contributed by atoms with Crippen molar-refractivity contribution in [3.05, 3.63) is 33.8 Å². The van der Waals surface area contributed by atoms with E-state index in [4.69, 9.17) is 28.4 Å². The number of rotatable bonds is 3. The molecule has 0 heterocycles. The lowest BCUT2D eigenvalue weighted by Gasteiger charge is -2.10. The van der Waals surface area contributed by atoms with Crippen LogP contribution in [0.2, 0.25) is 10.0 Å². The molecule has 0 saturated heterocycles. The van der Waals surface area contributed by atoms with Crippen molar-refractivity contribution in [2.75, 3.05) is 0 Å². The monoisotopic (exact) mass is 219 g/mol. The van der Waals surface area contributed by atoms with E-state index in [-0.39, 0.29) is 6.04 Å². The van der Waals surface area contributed by atoms with E-state index in [0.29, 0.717) is 16.5 Å². The van der Waals surface area contributed by atoms with E-state index in [2.05, 4.69) is 5.48 Å². The number of benzene rings is 1. The van der Waals surface area contributed by atoms with E-state index in [1.807, 2.05) is 13.0 Å². The fraction of sp³-hybridized carbons (Fsp3) is 0.333. The molecule has 1 rings (SSSR count). The van der Waals surface area contributed by atoms with Gasteiger partial charge in [0.1, 0.15) is 0 Å². The van der Waals surface area contributed by atoms with Crippen LogP contribution in [0.5, 0.6) is 0 Å². The first-order chi connectivity index (χ1) is 6.13. The van der Waals surface area contributed by atoms with Crippen LogP contribution >= 0.6 is 23.2 Å². The van der Waals surface area contributed by atoms with E-state index in [9.17, 15) is 0 Å². The third-order valence-corrected chi connectivity index (χ3v) is 2.35. The molecule has 0 radical (unpaired) electrons. The molecular weight excluding hydrogens is 209 g/mol. The summed E-state index contributed by atoms with van der Waals surface area (Å²) in [6.07, 6.45) is 0.673. The third kappa shape index (κ3) is 3.16. The molecule has 1 aromatic rings. The van der Waals surface area contributed by atoms with Crippen molar-refractivity contribution < 1.29 is 5.21 Å². The van der Waals surface area contributed by atoms with E-state index < -0.39 is 0 Å². The predicted molar refractivity (Wildman–Crippen MR) is 54.6 cm³/mol. The zero-order valence-electron chi connectivity index (χ0n) is 7.22. The van der Waals surface area contributed by atoms with Crippen molar-refractivity contribution in [1.82, 2.24) is 5.48 Å². The van der Waals surface area contributed by atoms with Gasteiger partial charge in [0, 0.05) is 16.1 Å². The van der Waals surface area contributed by atoms with Gasteiger partial charge in [-0.3, -0.25) is 0 Å². The van der Waals surface area contributed by atoms with Crippen LogP contribution in [0, 0.1) is 0 Å². The molecule has 4 heteroatoms. The molecule has 0 aliphatic rings. The topological polar surface area (TPSA) is 32.3 Å². The molecule has 1 aromatic carbocycles. The molecule has 0 amide bonds. The molecule has 1 atom stereocenters. The fourth-order valence-electron chi connectivity index (χ4n) is 1.06. The van der Waals surface area contributed by atoms with E-state index >= 15 is 0 Å². The lowest BCUT2D eigenvalue weighted by atomic mass is 10.1. The van der Waals surface area contributed by atoms with Gasteiger partial charge in [-0.1, -0.05) is 29.3 Å². The highest BCUT2D eigenvalue weighted by Gasteiger charge is 2.05. The van der Waals surface area contributed by atoms with Crippen LogP contribution in [0.3, 0.4) is 0 Å². The summed E-state index contributed by atoms with van der Waals surface area (Å²) in [6, 6.07) is 5.33. The molecule has 0 fully saturated rings. The number of halogens is 2. The zero-order chi connectivity index (χ0) is 9.84. The van der Waals surface area contributed by atoms with Crippen LogP contribution in [-0.2, 0) is 6.42 Å². The smallest absolute Gasteiger partial charge is 0.0453 e. The van der Waals surface area contributed by atoms with Gasteiger partial charge in [0.15, 0.2) is 0 Å². The molecule has 13 heavy (non-hydrogen) atoms. The molecule has 0 aromatic heterocycles. The quantitative estimate of drug-likeness (QED) is 0.767. The maximum absolute atomic E-state index is 8.62. The Labute approximate surface area is 87.4 Å². The highest BCUT2D eigenvalue weighted by atomic mass is 35.5. The normalized spacial score (nSPS) is 12.9. The van der Waals surface area contributed by atoms with Crippen LogP contribution in [0.1, 0.15) is 12.5 Å². The predicted octanol–water partition coefficient (Wildman–Crippen LogP) is 2.90. The van der Waals surface area contributed by atoms with Crippen molar-refractivity contribution in [2.24, 2.45) is 0 Å². The SMILES string of the molecule is C[C@@H](Cc1ccc(Cl)cc1Cl)NO. The van der Waals surface area contributed by atoms with Gasteiger partial charge in [0.25, 0.3) is 0 Å². The summed E-state index contributed by atoms with van der Waals surface area (Å²) in [7, 11) is 0. The number of hydrogen-bond acceptors (Lipinski definition) is 2. The van der Waals surface area contributed by atoms with Crippen molar-refractivity contribution in [3.63, 3.8) is 0 Å². The Kier molecular flexibility index (Phi) is 4.00. The fourth-order valence-corrected chi connectivity index (χ4v) is 1.55. The Morgan fingerprint density at radius 3 is 2.69 bits per heavy atom. The van der Waals surface area contributed by atoms with Crippen LogP contribution in [0.15, 0.2) is 18.2 Å². The van der Waals surface area contributed by atoms with Gasteiger partial charge in [0.2, 0.25) is 0 Å². The van der Waals surface area contributed by atoms with Crippen LogP contribution in [0.25, 0.3) is 0 Å². The first-order valence-corrected chi connectivity index (χ1v) is 4.72.